The molecule has 0 spiro atoms. The van der Waals surface area contributed by atoms with Gasteiger partial charge in [0.2, 0.25) is 5.43 Å². The minimum Gasteiger partial charge on any atom is -0.507 e. The molecule has 0 saturated carbocycles. The Labute approximate surface area is 187 Å². The summed E-state index contributed by atoms with van der Waals surface area (Å²) >= 11 is 0. The molecule has 1 aromatic heterocycles. The molecule has 0 aliphatic heterocycles. The molecule has 1 heterocycles. The van der Waals surface area contributed by atoms with Crippen molar-refractivity contribution in [2.45, 2.75) is 60.3 Å². The van der Waals surface area contributed by atoms with Crippen LogP contribution in [0, 0.1) is 11.8 Å². The van der Waals surface area contributed by atoms with Crippen molar-refractivity contribution in [2.75, 3.05) is 7.11 Å². The van der Waals surface area contributed by atoms with Gasteiger partial charge in [-0.25, -0.2) is 0 Å². The number of ketones is 1. The molecule has 3 rings (SSSR count). The third-order valence-electron chi connectivity index (χ3n) is 5.89. The molecule has 6 heteroatoms. The van der Waals surface area contributed by atoms with Gasteiger partial charge in [0.15, 0.2) is 5.78 Å². The van der Waals surface area contributed by atoms with E-state index in [1.54, 1.807) is 0 Å². The minimum atomic E-state index is -0.409. The number of hydrogen-bond acceptors (Lipinski definition) is 6. The second-order valence-electron chi connectivity index (χ2n) is 9.25. The van der Waals surface area contributed by atoms with Crippen LogP contribution in [0.4, 0.5) is 0 Å². The van der Waals surface area contributed by atoms with Gasteiger partial charge in [0, 0.05) is 17.7 Å². The highest BCUT2D eigenvalue weighted by Gasteiger charge is 2.25. The third-order valence-corrected chi connectivity index (χ3v) is 5.89. The van der Waals surface area contributed by atoms with E-state index in [4.69, 9.17) is 9.15 Å². The van der Waals surface area contributed by atoms with Crippen LogP contribution in [0.2, 0.25) is 0 Å². The fourth-order valence-corrected chi connectivity index (χ4v) is 4.14. The lowest BCUT2D eigenvalue weighted by atomic mass is 9.91. The first-order valence-electron chi connectivity index (χ1n) is 11.1. The molecule has 2 N–H and O–H groups in total. The Hall–Kier alpha value is -3.02. The van der Waals surface area contributed by atoms with E-state index in [1.807, 2.05) is 0 Å². The lowest BCUT2D eigenvalue weighted by Crippen LogP contribution is -2.12. The average Bonchev–Trinajstić information content (AvgIpc) is 2.70. The standard InChI is InChI=1S/C26H32O6/c1-13(2)7-9-16-18(28)11-20-24(25(16)29)26(30)23-17(10-8-14(3)4)22(15(5)27)19(31-6)12-21(23)32-20/h11-14,28-29H,7-10H2,1-6H3. The van der Waals surface area contributed by atoms with Crippen molar-refractivity contribution in [3.63, 3.8) is 0 Å². The zero-order valence-corrected chi connectivity index (χ0v) is 19.7. The molecule has 0 saturated heterocycles. The summed E-state index contributed by atoms with van der Waals surface area (Å²) < 4.78 is 11.4. The smallest absolute Gasteiger partial charge is 0.204 e. The Morgan fingerprint density at radius 3 is 2.06 bits per heavy atom. The Kier molecular flexibility index (Phi) is 6.82. The highest BCUT2D eigenvalue weighted by Crippen LogP contribution is 2.39. The van der Waals surface area contributed by atoms with Gasteiger partial charge in [-0.3, -0.25) is 9.59 Å². The lowest BCUT2D eigenvalue weighted by Gasteiger charge is -2.17. The SMILES string of the molecule is COc1cc2oc3cc(O)c(CCC(C)C)c(O)c3c(=O)c2c(CCC(C)C)c1C(C)=O. The molecule has 6 nitrogen and oxygen atoms in total. The van der Waals surface area contributed by atoms with Crippen LogP contribution in [-0.2, 0) is 12.8 Å². The lowest BCUT2D eigenvalue weighted by molar-refractivity contribution is 0.101. The van der Waals surface area contributed by atoms with E-state index in [1.165, 1.54) is 26.2 Å². The van der Waals surface area contributed by atoms with Gasteiger partial charge in [0.05, 0.1) is 18.1 Å². The van der Waals surface area contributed by atoms with Crippen molar-refractivity contribution in [3.8, 4) is 17.2 Å². The number of Topliss-reactive ketones (excluding diaryl/α,β-unsaturated/α-hetero) is 1. The first-order chi connectivity index (χ1) is 15.1. The fourth-order valence-electron chi connectivity index (χ4n) is 4.14. The molecule has 32 heavy (non-hydrogen) atoms. The monoisotopic (exact) mass is 440 g/mol. The number of methoxy groups -OCH3 is 1. The molecular weight excluding hydrogens is 408 g/mol. The van der Waals surface area contributed by atoms with Gasteiger partial charge in [0.1, 0.15) is 33.8 Å². The van der Waals surface area contributed by atoms with E-state index in [0.717, 1.165) is 12.8 Å². The van der Waals surface area contributed by atoms with E-state index in [-0.39, 0.29) is 39.2 Å². The van der Waals surface area contributed by atoms with Crippen LogP contribution in [0.25, 0.3) is 21.9 Å². The molecular formula is C26H32O6. The Morgan fingerprint density at radius 1 is 0.969 bits per heavy atom. The summed E-state index contributed by atoms with van der Waals surface area (Å²) in [5.41, 5.74) is 1.23. The van der Waals surface area contributed by atoms with E-state index in [2.05, 4.69) is 27.7 Å². The summed E-state index contributed by atoms with van der Waals surface area (Å²) in [6, 6.07) is 2.91. The zero-order valence-electron chi connectivity index (χ0n) is 19.7. The summed E-state index contributed by atoms with van der Waals surface area (Å²) in [4.78, 5) is 26.2. The van der Waals surface area contributed by atoms with Crippen molar-refractivity contribution in [1.29, 1.82) is 0 Å². The average molecular weight is 441 g/mol. The number of benzene rings is 2. The number of phenols is 2. The number of phenolic OH excluding ortho intramolecular Hbond substituents is 2. The van der Waals surface area contributed by atoms with Gasteiger partial charge in [-0.05, 0) is 50.0 Å². The molecule has 0 amide bonds. The van der Waals surface area contributed by atoms with Crippen LogP contribution < -0.4 is 10.2 Å². The predicted octanol–water partition coefficient (Wildman–Crippen LogP) is 5.75. The minimum absolute atomic E-state index is 0.0273. The van der Waals surface area contributed by atoms with E-state index >= 15 is 0 Å². The van der Waals surface area contributed by atoms with Gasteiger partial charge >= 0.3 is 0 Å². The van der Waals surface area contributed by atoms with E-state index in [9.17, 15) is 19.8 Å². The number of carbonyl (C=O) groups is 1. The number of carbonyl (C=O) groups excluding carboxylic acids is 1. The van der Waals surface area contributed by atoms with Crippen LogP contribution in [0.5, 0.6) is 17.2 Å². The molecule has 0 aliphatic carbocycles. The highest BCUT2D eigenvalue weighted by atomic mass is 16.5. The molecule has 0 atom stereocenters. The van der Waals surface area contributed by atoms with Gasteiger partial charge in [-0.15, -0.1) is 0 Å². The summed E-state index contributed by atoms with van der Waals surface area (Å²) in [7, 11) is 1.47. The second kappa shape index (κ2) is 9.23. The number of aromatic hydroxyl groups is 2. The first-order valence-corrected chi connectivity index (χ1v) is 11.1. The van der Waals surface area contributed by atoms with Crippen LogP contribution in [-0.4, -0.2) is 23.1 Å². The molecule has 0 fully saturated rings. The Balaban J connectivity index is 2.43. The van der Waals surface area contributed by atoms with Crippen molar-refractivity contribution < 1.29 is 24.2 Å². The normalized spacial score (nSPS) is 11.8. The molecule has 3 aromatic rings. The van der Waals surface area contributed by atoms with Crippen molar-refractivity contribution in [3.05, 3.63) is 39.0 Å². The number of hydrogen-bond donors (Lipinski definition) is 2. The molecule has 0 aliphatic rings. The number of ether oxygens (including phenoxy) is 1. The second-order valence-corrected chi connectivity index (χ2v) is 9.25. The highest BCUT2D eigenvalue weighted by molar-refractivity contribution is 6.05. The van der Waals surface area contributed by atoms with Crippen molar-refractivity contribution >= 4 is 27.7 Å². The number of fused-ring (bicyclic) bond motifs is 2. The first kappa shape index (κ1) is 23.6. The van der Waals surface area contributed by atoms with Crippen LogP contribution in [0.1, 0.15) is 68.9 Å². The van der Waals surface area contributed by atoms with Gasteiger partial charge < -0.3 is 19.4 Å². The molecule has 0 unspecified atom stereocenters. The summed E-state index contributed by atoms with van der Waals surface area (Å²) in [5, 5.41) is 21.8. The summed E-state index contributed by atoms with van der Waals surface area (Å²) in [5.74, 6) is 0.502. The molecule has 0 bridgehead atoms. The summed E-state index contributed by atoms with van der Waals surface area (Å²) in [6.45, 7) is 9.70. The Morgan fingerprint density at radius 2 is 1.53 bits per heavy atom. The predicted molar refractivity (Wildman–Crippen MR) is 126 cm³/mol. The van der Waals surface area contributed by atoms with Crippen molar-refractivity contribution in [2.24, 2.45) is 11.8 Å². The number of rotatable bonds is 8. The van der Waals surface area contributed by atoms with Gasteiger partial charge in [0.25, 0.3) is 0 Å². The van der Waals surface area contributed by atoms with Gasteiger partial charge in [-0.2, -0.15) is 0 Å². The van der Waals surface area contributed by atoms with Crippen LogP contribution in [0.15, 0.2) is 21.3 Å². The van der Waals surface area contributed by atoms with E-state index in [0.29, 0.717) is 47.1 Å². The summed E-state index contributed by atoms with van der Waals surface area (Å²) in [6.07, 6.45) is 2.44. The fraction of sp³-hybridized carbons (Fsp3) is 0.462. The maximum Gasteiger partial charge on any atom is 0.204 e. The molecule has 0 radical (unpaired) electrons. The van der Waals surface area contributed by atoms with Gasteiger partial charge in [-0.1, -0.05) is 27.7 Å². The topological polar surface area (TPSA) is 97.0 Å². The molecule has 172 valence electrons. The van der Waals surface area contributed by atoms with E-state index < -0.39 is 5.43 Å². The van der Waals surface area contributed by atoms with Crippen LogP contribution in [0.3, 0.4) is 0 Å². The quantitative estimate of drug-likeness (QED) is 0.342. The number of aryl methyl sites for hydroxylation is 1. The maximum atomic E-state index is 13.7. The third kappa shape index (κ3) is 4.31. The molecule has 2 aromatic carbocycles. The van der Waals surface area contributed by atoms with Crippen LogP contribution >= 0.6 is 0 Å². The Bertz CT molecular complexity index is 1230. The zero-order chi connectivity index (χ0) is 23.7. The van der Waals surface area contributed by atoms with Crippen molar-refractivity contribution in [1.82, 2.24) is 0 Å². The maximum absolute atomic E-state index is 13.7. The largest absolute Gasteiger partial charge is 0.507 e.